The Kier molecular flexibility index (Phi) is 3.43. The lowest BCUT2D eigenvalue weighted by Crippen LogP contribution is -2.10. The fraction of sp³-hybridized carbons (Fsp3) is 0.222. The Morgan fingerprint density at radius 2 is 2.21 bits per heavy atom. The van der Waals surface area contributed by atoms with Gasteiger partial charge >= 0.3 is 0 Å². The van der Waals surface area contributed by atoms with Gasteiger partial charge in [-0.2, -0.15) is 0 Å². The third-order valence-corrected chi connectivity index (χ3v) is 2.10. The number of Topliss-reactive ketones (excluding diaryl/α,β-unsaturated/α-hetero) is 1. The predicted octanol–water partition coefficient (Wildman–Crippen LogP) is 1.72. The minimum absolute atomic E-state index is 0.0000926. The van der Waals surface area contributed by atoms with E-state index < -0.39 is 11.6 Å². The molecular weight excluding hydrogens is 209 g/mol. The number of halogens is 2. The van der Waals surface area contributed by atoms with E-state index in [1.165, 1.54) is 0 Å². The average Bonchev–Trinajstić information content (AvgIpc) is 2.13. The van der Waals surface area contributed by atoms with Crippen molar-refractivity contribution in [2.24, 2.45) is 5.73 Å². The number of hydrogen-bond donors (Lipinski definition) is 2. The molecule has 0 fully saturated rings. The van der Waals surface area contributed by atoms with Gasteiger partial charge in [-0.05, 0) is 18.7 Å². The molecule has 3 N–H and O–H groups in total. The number of nitrogens with two attached hydrogens (primary N) is 1. The number of ketones is 1. The summed E-state index contributed by atoms with van der Waals surface area (Å²) < 4.78 is 13.1. The molecule has 0 amide bonds. The summed E-state index contributed by atoms with van der Waals surface area (Å²) in [6.07, 6.45) is 0.0000926. The second-order valence-electron chi connectivity index (χ2n) is 2.72. The number of rotatable bonds is 3. The fourth-order valence-electron chi connectivity index (χ4n) is 1.05. The van der Waals surface area contributed by atoms with Crippen LogP contribution in [0.5, 0.6) is 5.75 Å². The fourth-order valence-corrected chi connectivity index (χ4v) is 1.31. The first-order valence-electron chi connectivity index (χ1n) is 3.98. The molecule has 0 saturated heterocycles. The second kappa shape index (κ2) is 4.39. The van der Waals surface area contributed by atoms with Crippen LogP contribution >= 0.6 is 11.6 Å². The maximum Gasteiger partial charge on any atom is 0.168 e. The van der Waals surface area contributed by atoms with Crippen LogP contribution in [0.25, 0.3) is 0 Å². The molecule has 0 atom stereocenters. The molecule has 0 aliphatic heterocycles. The minimum atomic E-state index is -0.744. The van der Waals surface area contributed by atoms with E-state index >= 15 is 0 Å². The van der Waals surface area contributed by atoms with Gasteiger partial charge in [0.15, 0.2) is 5.78 Å². The van der Waals surface area contributed by atoms with Gasteiger partial charge in [0.1, 0.15) is 11.6 Å². The summed E-state index contributed by atoms with van der Waals surface area (Å²) in [6, 6.07) is 2.09. The summed E-state index contributed by atoms with van der Waals surface area (Å²) in [4.78, 5) is 11.3. The van der Waals surface area contributed by atoms with E-state index in [9.17, 15) is 9.18 Å². The molecule has 0 saturated carbocycles. The third-order valence-electron chi connectivity index (χ3n) is 1.72. The molecule has 0 spiro atoms. The number of phenols is 1. The molecule has 1 rings (SSSR count). The summed E-state index contributed by atoms with van der Waals surface area (Å²) in [7, 11) is 0. The van der Waals surface area contributed by atoms with Crippen molar-refractivity contribution < 1.29 is 14.3 Å². The molecule has 1 aromatic carbocycles. The molecule has 0 unspecified atom stereocenters. The first-order chi connectivity index (χ1) is 6.57. The van der Waals surface area contributed by atoms with Crippen LogP contribution in [-0.4, -0.2) is 17.4 Å². The summed E-state index contributed by atoms with van der Waals surface area (Å²) in [6.45, 7) is 0.115. The van der Waals surface area contributed by atoms with Crippen molar-refractivity contribution in [1.29, 1.82) is 0 Å². The van der Waals surface area contributed by atoms with Crippen LogP contribution in [-0.2, 0) is 0 Å². The lowest BCUT2D eigenvalue weighted by Gasteiger charge is -2.05. The molecular formula is C9H9ClFNO2. The van der Waals surface area contributed by atoms with E-state index in [1.807, 2.05) is 0 Å². The molecule has 0 aliphatic carbocycles. The average molecular weight is 218 g/mol. The molecule has 3 nitrogen and oxygen atoms in total. The predicted molar refractivity (Wildman–Crippen MR) is 51.1 cm³/mol. The topological polar surface area (TPSA) is 63.3 Å². The Morgan fingerprint density at radius 1 is 1.57 bits per heavy atom. The highest BCUT2D eigenvalue weighted by atomic mass is 35.5. The van der Waals surface area contributed by atoms with Crippen molar-refractivity contribution in [3.63, 3.8) is 0 Å². The molecule has 0 heterocycles. The van der Waals surface area contributed by atoms with Crippen LogP contribution in [0.3, 0.4) is 0 Å². The Bertz CT molecular complexity index is 368. The van der Waals surface area contributed by atoms with Gasteiger partial charge in [0, 0.05) is 6.42 Å². The van der Waals surface area contributed by atoms with Gasteiger partial charge in [0.2, 0.25) is 0 Å². The zero-order valence-corrected chi connectivity index (χ0v) is 8.01. The maximum absolute atomic E-state index is 13.1. The van der Waals surface area contributed by atoms with Crippen LogP contribution in [0.15, 0.2) is 12.1 Å². The van der Waals surface area contributed by atoms with E-state index in [-0.39, 0.29) is 29.3 Å². The van der Waals surface area contributed by atoms with E-state index in [1.54, 1.807) is 0 Å². The zero-order valence-electron chi connectivity index (χ0n) is 7.26. The highest BCUT2D eigenvalue weighted by Crippen LogP contribution is 2.29. The molecule has 5 heteroatoms. The van der Waals surface area contributed by atoms with Gasteiger partial charge < -0.3 is 10.8 Å². The zero-order chi connectivity index (χ0) is 10.7. The summed E-state index contributed by atoms with van der Waals surface area (Å²) in [5.41, 5.74) is 4.86. The SMILES string of the molecule is NCCC(=O)c1c(F)ccc(O)c1Cl. The molecule has 0 bridgehead atoms. The van der Waals surface area contributed by atoms with E-state index in [0.717, 1.165) is 12.1 Å². The van der Waals surface area contributed by atoms with E-state index in [0.29, 0.717) is 0 Å². The summed E-state index contributed by atoms with van der Waals surface area (Å²) >= 11 is 5.58. The lowest BCUT2D eigenvalue weighted by molar-refractivity contribution is 0.0981. The molecule has 0 aliphatic rings. The highest BCUT2D eigenvalue weighted by Gasteiger charge is 2.17. The van der Waals surface area contributed by atoms with Gasteiger partial charge in [-0.1, -0.05) is 11.6 Å². The quantitative estimate of drug-likeness (QED) is 0.758. The Labute approximate surface area is 85.3 Å². The van der Waals surface area contributed by atoms with E-state index in [2.05, 4.69) is 0 Å². The summed E-state index contributed by atoms with van der Waals surface area (Å²) in [5, 5.41) is 8.90. The largest absolute Gasteiger partial charge is 0.506 e. The monoisotopic (exact) mass is 217 g/mol. The Morgan fingerprint density at radius 3 is 2.79 bits per heavy atom. The normalized spacial score (nSPS) is 10.2. The number of carbonyl (C=O) groups is 1. The Hall–Kier alpha value is -1.13. The smallest absolute Gasteiger partial charge is 0.168 e. The molecule has 14 heavy (non-hydrogen) atoms. The van der Waals surface area contributed by atoms with Gasteiger partial charge in [-0.3, -0.25) is 4.79 Å². The van der Waals surface area contributed by atoms with Crippen LogP contribution in [0.4, 0.5) is 4.39 Å². The van der Waals surface area contributed by atoms with Crippen molar-refractivity contribution in [3.05, 3.63) is 28.5 Å². The number of aromatic hydroxyl groups is 1. The van der Waals surface area contributed by atoms with Crippen molar-refractivity contribution >= 4 is 17.4 Å². The molecule has 0 aromatic heterocycles. The second-order valence-corrected chi connectivity index (χ2v) is 3.10. The van der Waals surface area contributed by atoms with Gasteiger partial charge in [-0.25, -0.2) is 4.39 Å². The highest BCUT2D eigenvalue weighted by molar-refractivity contribution is 6.35. The lowest BCUT2D eigenvalue weighted by atomic mass is 10.1. The van der Waals surface area contributed by atoms with Gasteiger partial charge in [0.05, 0.1) is 10.6 Å². The maximum atomic E-state index is 13.1. The number of benzene rings is 1. The summed E-state index contributed by atoms with van der Waals surface area (Å²) in [5.74, 6) is -1.56. The van der Waals surface area contributed by atoms with Crippen molar-refractivity contribution in [2.45, 2.75) is 6.42 Å². The third kappa shape index (κ3) is 2.02. The minimum Gasteiger partial charge on any atom is -0.506 e. The van der Waals surface area contributed by atoms with Crippen LogP contribution in [0.1, 0.15) is 16.8 Å². The van der Waals surface area contributed by atoms with E-state index in [4.69, 9.17) is 22.4 Å². The van der Waals surface area contributed by atoms with Crippen LogP contribution in [0, 0.1) is 5.82 Å². The van der Waals surface area contributed by atoms with Crippen LogP contribution < -0.4 is 5.73 Å². The number of carbonyl (C=O) groups excluding carboxylic acids is 1. The molecule has 1 aromatic rings. The number of phenolic OH excluding ortho intramolecular Hbond substituents is 1. The number of hydrogen-bond acceptors (Lipinski definition) is 3. The van der Waals surface area contributed by atoms with Crippen molar-refractivity contribution in [1.82, 2.24) is 0 Å². The van der Waals surface area contributed by atoms with Gasteiger partial charge in [0.25, 0.3) is 0 Å². The first-order valence-corrected chi connectivity index (χ1v) is 4.36. The Balaban J connectivity index is 3.18. The molecule has 0 radical (unpaired) electrons. The van der Waals surface area contributed by atoms with Crippen LogP contribution in [0.2, 0.25) is 5.02 Å². The van der Waals surface area contributed by atoms with Crippen molar-refractivity contribution in [2.75, 3.05) is 6.54 Å². The first kappa shape index (κ1) is 10.9. The van der Waals surface area contributed by atoms with Gasteiger partial charge in [-0.15, -0.1) is 0 Å². The molecule has 76 valence electrons. The standard InChI is InChI=1S/C9H9ClFNO2/c10-9-7(14)2-1-5(11)8(9)6(13)3-4-12/h1-2,14H,3-4,12H2. The van der Waals surface area contributed by atoms with Crippen molar-refractivity contribution in [3.8, 4) is 5.75 Å².